The molecule has 0 bridgehead atoms. The maximum atomic E-state index is 2.43. The van der Waals surface area contributed by atoms with Gasteiger partial charge in [0.1, 0.15) is 0 Å². The van der Waals surface area contributed by atoms with Gasteiger partial charge in [-0.3, -0.25) is 0 Å². The summed E-state index contributed by atoms with van der Waals surface area (Å²) in [6.45, 7) is 0. The predicted molar refractivity (Wildman–Crippen MR) is 174 cm³/mol. The number of hydrogen-bond donors (Lipinski definition) is 0. The fourth-order valence-electron chi connectivity index (χ4n) is 5.63. The summed E-state index contributed by atoms with van der Waals surface area (Å²) in [5.41, 5.74) is 10.6. The predicted octanol–water partition coefficient (Wildman–Crippen LogP) is 11.9. The SMILES string of the molecule is C1=CCC(c2ccsc2-c2cc(-c3sccc3C3=CCCC=C3)cc(-c3sccc3-c3ccccc3)c2)C=C1. The van der Waals surface area contributed by atoms with E-state index in [9.17, 15) is 0 Å². The van der Waals surface area contributed by atoms with E-state index in [2.05, 4.69) is 125 Å². The van der Waals surface area contributed by atoms with E-state index in [1.807, 2.05) is 34.0 Å². The molecule has 0 radical (unpaired) electrons. The van der Waals surface area contributed by atoms with Crippen molar-refractivity contribution in [3.05, 3.63) is 137 Å². The molecule has 39 heavy (non-hydrogen) atoms. The lowest BCUT2D eigenvalue weighted by atomic mass is 9.90. The zero-order chi connectivity index (χ0) is 26.0. The first kappa shape index (κ1) is 24.5. The molecule has 0 aliphatic heterocycles. The van der Waals surface area contributed by atoms with Crippen LogP contribution in [-0.4, -0.2) is 0 Å². The Hall–Kier alpha value is -3.50. The normalized spacial score (nSPS) is 16.5. The lowest BCUT2D eigenvalue weighted by Crippen LogP contribution is -1.96. The summed E-state index contributed by atoms with van der Waals surface area (Å²) < 4.78 is 0. The van der Waals surface area contributed by atoms with E-state index in [-0.39, 0.29) is 0 Å². The van der Waals surface area contributed by atoms with Crippen molar-refractivity contribution in [1.82, 2.24) is 0 Å². The van der Waals surface area contributed by atoms with E-state index in [1.165, 1.54) is 59.1 Å². The molecule has 7 rings (SSSR count). The minimum Gasteiger partial charge on any atom is -0.144 e. The van der Waals surface area contributed by atoms with Crippen LogP contribution in [0, 0.1) is 0 Å². The zero-order valence-corrected chi connectivity index (χ0v) is 24.0. The number of thiophene rings is 3. The largest absolute Gasteiger partial charge is 0.144 e. The second-order valence-electron chi connectivity index (χ2n) is 9.99. The van der Waals surface area contributed by atoms with Gasteiger partial charge in [0.15, 0.2) is 0 Å². The monoisotopic (exact) mass is 556 g/mol. The van der Waals surface area contributed by atoms with Crippen LogP contribution in [-0.2, 0) is 0 Å². The molecule has 3 aromatic heterocycles. The molecule has 0 nitrogen and oxygen atoms in total. The highest BCUT2D eigenvalue weighted by Gasteiger charge is 2.20. The fraction of sp³-hybridized carbons (Fsp3) is 0.111. The van der Waals surface area contributed by atoms with Crippen molar-refractivity contribution >= 4 is 39.6 Å². The Morgan fingerprint density at radius 3 is 2.00 bits per heavy atom. The van der Waals surface area contributed by atoms with Gasteiger partial charge in [0.05, 0.1) is 0 Å². The Balaban J connectivity index is 1.41. The van der Waals surface area contributed by atoms with Crippen LogP contribution in [0.2, 0.25) is 0 Å². The van der Waals surface area contributed by atoms with Gasteiger partial charge in [0.25, 0.3) is 0 Å². The number of hydrogen-bond acceptors (Lipinski definition) is 3. The summed E-state index contributed by atoms with van der Waals surface area (Å²) in [5, 5.41) is 6.74. The summed E-state index contributed by atoms with van der Waals surface area (Å²) in [6, 6.07) is 25.0. The third-order valence-electron chi connectivity index (χ3n) is 7.52. The van der Waals surface area contributed by atoms with E-state index in [4.69, 9.17) is 0 Å². The zero-order valence-electron chi connectivity index (χ0n) is 21.5. The van der Waals surface area contributed by atoms with Crippen molar-refractivity contribution < 1.29 is 0 Å². The van der Waals surface area contributed by atoms with Crippen LogP contribution in [0.5, 0.6) is 0 Å². The van der Waals surface area contributed by atoms with E-state index in [0.29, 0.717) is 5.92 Å². The third-order valence-corrected chi connectivity index (χ3v) is 10.4. The molecule has 0 N–H and O–H groups in total. The first-order chi connectivity index (χ1) is 19.3. The van der Waals surface area contributed by atoms with Crippen molar-refractivity contribution in [3.63, 3.8) is 0 Å². The van der Waals surface area contributed by atoms with Crippen LogP contribution in [0.25, 0.3) is 48.0 Å². The van der Waals surface area contributed by atoms with Crippen LogP contribution in [0.4, 0.5) is 0 Å². The molecule has 190 valence electrons. The number of benzene rings is 2. The highest BCUT2D eigenvalue weighted by molar-refractivity contribution is 7.15. The minimum atomic E-state index is 0.430. The lowest BCUT2D eigenvalue weighted by Gasteiger charge is -2.16. The molecule has 0 fully saturated rings. The average Bonchev–Trinajstić information content (AvgIpc) is 3.79. The molecule has 5 aromatic rings. The highest BCUT2D eigenvalue weighted by Crippen LogP contribution is 2.45. The lowest BCUT2D eigenvalue weighted by molar-refractivity contribution is 0.860. The van der Waals surface area contributed by atoms with Crippen molar-refractivity contribution in [2.45, 2.75) is 25.2 Å². The van der Waals surface area contributed by atoms with Gasteiger partial charge in [-0.15, -0.1) is 34.0 Å². The van der Waals surface area contributed by atoms with Gasteiger partial charge < -0.3 is 0 Å². The fourth-order valence-corrected chi connectivity index (χ4v) is 8.40. The molecular weight excluding hydrogens is 529 g/mol. The number of allylic oxidation sites excluding steroid dienone is 8. The molecule has 2 aliphatic rings. The summed E-state index contributed by atoms with van der Waals surface area (Å²) >= 11 is 5.56. The Morgan fingerprint density at radius 1 is 0.590 bits per heavy atom. The minimum absolute atomic E-state index is 0.430. The van der Waals surface area contributed by atoms with Crippen LogP contribution in [0.3, 0.4) is 0 Å². The average molecular weight is 557 g/mol. The number of rotatable bonds is 6. The molecule has 0 spiro atoms. The van der Waals surface area contributed by atoms with Crippen molar-refractivity contribution in [2.75, 3.05) is 0 Å². The molecule has 2 aromatic carbocycles. The second kappa shape index (κ2) is 10.9. The van der Waals surface area contributed by atoms with Gasteiger partial charge in [-0.05, 0) is 111 Å². The standard InChI is InChI=1S/C36H28S3/c1-4-10-25(11-5-1)31-16-19-37-34(31)28-22-29(35-32(17-20-38-35)26-12-6-2-7-13-26)24-30(23-28)36-33(18-21-39-36)27-14-8-3-9-15-27/h1-2,4-8,10-12,14-24,26H,3,9,13H2. The van der Waals surface area contributed by atoms with Gasteiger partial charge in [0, 0.05) is 26.1 Å². The van der Waals surface area contributed by atoms with Crippen LogP contribution in [0.15, 0.2) is 125 Å². The molecule has 0 saturated carbocycles. The Bertz CT molecular complexity index is 1730. The third kappa shape index (κ3) is 4.87. The van der Waals surface area contributed by atoms with E-state index >= 15 is 0 Å². The van der Waals surface area contributed by atoms with E-state index < -0.39 is 0 Å². The first-order valence-electron chi connectivity index (χ1n) is 13.5. The molecule has 3 heterocycles. The summed E-state index contributed by atoms with van der Waals surface area (Å²) in [5.74, 6) is 0.430. The first-order valence-corrected chi connectivity index (χ1v) is 16.1. The van der Waals surface area contributed by atoms with Gasteiger partial charge in [-0.2, -0.15) is 0 Å². The Labute approximate surface area is 242 Å². The van der Waals surface area contributed by atoms with E-state index in [0.717, 1.165) is 19.3 Å². The molecular formula is C36H28S3. The molecule has 1 atom stereocenters. The Kier molecular flexibility index (Phi) is 6.88. The van der Waals surface area contributed by atoms with Crippen molar-refractivity contribution in [3.8, 4) is 42.4 Å². The molecule has 0 saturated heterocycles. The molecule has 0 amide bonds. The second-order valence-corrected chi connectivity index (χ2v) is 12.7. The van der Waals surface area contributed by atoms with Crippen molar-refractivity contribution in [2.24, 2.45) is 0 Å². The van der Waals surface area contributed by atoms with Crippen molar-refractivity contribution in [1.29, 1.82) is 0 Å². The highest BCUT2D eigenvalue weighted by atomic mass is 32.1. The molecule has 1 unspecified atom stereocenters. The Morgan fingerprint density at radius 2 is 1.28 bits per heavy atom. The van der Waals surface area contributed by atoms with Crippen LogP contribution < -0.4 is 0 Å². The maximum absolute atomic E-state index is 2.43. The van der Waals surface area contributed by atoms with Gasteiger partial charge in [-0.1, -0.05) is 72.9 Å². The maximum Gasteiger partial charge on any atom is 0.0421 e. The van der Waals surface area contributed by atoms with E-state index in [1.54, 1.807) is 0 Å². The summed E-state index contributed by atoms with van der Waals surface area (Å²) in [7, 11) is 0. The molecule has 3 heteroatoms. The molecule has 2 aliphatic carbocycles. The van der Waals surface area contributed by atoms with Gasteiger partial charge in [-0.25, -0.2) is 0 Å². The summed E-state index contributed by atoms with van der Waals surface area (Å²) in [4.78, 5) is 4.07. The van der Waals surface area contributed by atoms with Crippen LogP contribution >= 0.6 is 34.0 Å². The summed E-state index contributed by atoms with van der Waals surface area (Å²) in [6.07, 6.45) is 19.3. The van der Waals surface area contributed by atoms with Crippen LogP contribution in [0.1, 0.15) is 36.3 Å². The van der Waals surface area contributed by atoms with Gasteiger partial charge in [0.2, 0.25) is 0 Å². The topological polar surface area (TPSA) is 0 Å². The smallest absolute Gasteiger partial charge is 0.0421 e. The quantitative estimate of drug-likeness (QED) is 0.195. The van der Waals surface area contributed by atoms with Gasteiger partial charge >= 0.3 is 0 Å².